The number of Topliss-reactive ketones (excluding diaryl/α,β-unsaturated/α-hetero) is 1. The minimum atomic E-state index is -0.199. The Morgan fingerprint density at radius 2 is 1.79 bits per heavy atom. The highest BCUT2D eigenvalue weighted by Gasteiger charge is 2.31. The molecule has 0 aliphatic carbocycles. The quantitative estimate of drug-likeness (QED) is 0.704. The van der Waals surface area contributed by atoms with Crippen LogP contribution in [0.4, 0.5) is 0 Å². The molecule has 1 aliphatic heterocycles. The van der Waals surface area contributed by atoms with E-state index in [0.29, 0.717) is 40.3 Å². The van der Waals surface area contributed by atoms with Crippen molar-refractivity contribution in [1.82, 2.24) is 0 Å². The highest BCUT2D eigenvalue weighted by Crippen LogP contribution is 2.38. The Balaban J connectivity index is 1.93. The first-order valence-electron chi connectivity index (χ1n) is 10.1. The number of rotatable bonds is 7. The summed E-state index contributed by atoms with van der Waals surface area (Å²) >= 11 is 6.04. The molecule has 0 unspecified atom stereocenters. The monoisotopic (exact) mass is 413 g/mol. The number of halogens is 1. The van der Waals surface area contributed by atoms with Crippen molar-refractivity contribution in [3.8, 4) is 11.5 Å². The molecule has 0 aromatic heterocycles. The zero-order chi connectivity index (χ0) is 21.1. The zero-order valence-corrected chi connectivity index (χ0v) is 18.2. The van der Waals surface area contributed by atoms with Crippen LogP contribution in [-0.2, 0) is 6.54 Å². The molecule has 1 heterocycles. The predicted molar refractivity (Wildman–Crippen MR) is 114 cm³/mol. The van der Waals surface area contributed by atoms with Crippen LogP contribution in [0.25, 0.3) is 6.08 Å². The third kappa shape index (κ3) is 5.20. The highest BCUT2D eigenvalue weighted by molar-refractivity contribution is 6.30. The van der Waals surface area contributed by atoms with Gasteiger partial charge >= 0.3 is 0 Å². The molecule has 1 N–H and O–H groups in total. The van der Waals surface area contributed by atoms with Crippen molar-refractivity contribution >= 4 is 23.5 Å². The number of carbonyl (C=O) groups is 1. The predicted octanol–water partition coefficient (Wildman–Crippen LogP) is 3.73. The smallest absolute Gasteiger partial charge is 0.231 e. The lowest BCUT2D eigenvalue weighted by atomic mass is 10.0. The summed E-state index contributed by atoms with van der Waals surface area (Å²) in [4.78, 5) is 14.2. The maximum atomic E-state index is 12.9. The topological polar surface area (TPSA) is 53.8 Å². The Kier molecular flexibility index (Phi) is 6.66. The number of quaternary nitrogens is 1. The summed E-state index contributed by atoms with van der Waals surface area (Å²) in [6.07, 6.45) is 1.68. The maximum absolute atomic E-state index is 12.9. The van der Waals surface area contributed by atoms with Crippen LogP contribution in [0.2, 0.25) is 5.02 Å². The SMILES string of the molecule is CC(C)C[NH+](Cc1c([O-])ccc2c1O/C(=C\c1cccc(Cl)c1)C2=O)CC(C)C. The molecular formula is C24H28ClNO3. The number of hydrogen-bond acceptors (Lipinski definition) is 3. The fraction of sp³-hybridized carbons (Fsp3) is 0.375. The highest BCUT2D eigenvalue weighted by atomic mass is 35.5. The molecule has 4 nitrogen and oxygen atoms in total. The van der Waals surface area contributed by atoms with E-state index in [-0.39, 0.29) is 17.3 Å². The largest absolute Gasteiger partial charge is 0.872 e. The van der Waals surface area contributed by atoms with Gasteiger partial charge in [-0.05, 0) is 29.8 Å². The van der Waals surface area contributed by atoms with Gasteiger partial charge in [0.15, 0.2) is 5.76 Å². The fourth-order valence-electron chi connectivity index (χ4n) is 3.84. The van der Waals surface area contributed by atoms with Crippen molar-refractivity contribution in [3.05, 3.63) is 63.9 Å². The van der Waals surface area contributed by atoms with E-state index in [1.54, 1.807) is 24.3 Å². The van der Waals surface area contributed by atoms with Gasteiger partial charge in [0.1, 0.15) is 12.3 Å². The van der Waals surface area contributed by atoms with E-state index in [9.17, 15) is 9.90 Å². The van der Waals surface area contributed by atoms with Crippen LogP contribution in [0.15, 0.2) is 42.2 Å². The summed E-state index contributed by atoms with van der Waals surface area (Å²) in [5.41, 5.74) is 1.83. The normalized spacial score (nSPS) is 14.9. The van der Waals surface area contributed by atoms with Crippen molar-refractivity contribution in [2.75, 3.05) is 13.1 Å². The first-order valence-corrected chi connectivity index (χ1v) is 10.5. The summed E-state index contributed by atoms with van der Waals surface area (Å²) in [5.74, 6) is 1.39. The van der Waals surface area contributed by atoms with Gasteiger partial charge < -0.3 is 14.7 Å². The van der Waals surface area contributed by atoms with Crippen molar-refractivity contribution in [1.29, 1.82) is 0 Å². The van der Waals surface area contributed by atoms with Crippen LogP contribution in [0.1, 0.15) is 49.2 Å². The third-order valence-corrected chi connectivity index (χ3v) is 5.10. The van der Waals surface area contributed by atoms with Crippen molar-refractivity contribution in [3.63, 3.8) is 0 Å². The molecule has 0 amide bonds. The molecule has 2 aromatic carbocycles. The lowest BCUT2D eigenvalue weighted by molar-refractivity contribution is -0.919. The van der Waals surface area contributed by atoms with E-state index in [2.05, 4.69) is 27.7 Å². The van der Waals surface area contributed by atoms with Gasteiger partial charge in [-0.15, -0.1) is 0 Å². The average Bonchev–Trinajstić information content (AvgIpc) is 2.92. The lowest BCUT2D eigenvalue weighted by Gasteiger charge is -2.26. The average molecular weight is 414 g/mol. The Morgan fingerprint density at radius 1 is 1.10 bits per heavy atom. The summed E-state index contributed by atoms with van der Waals surface area (Å²) in [7, 11) is 0. The van der Waals surface area contributed by atoms with Gasteiger partial charge in [-0.25, -0.2) is 0 Å². The Hall–Kier alpha value is -2.30. The van der Waals surface area contributed by atoms with Crippen LogP contribution in [0.5, 0.6) is 11.5 Å². The molecule has 0 saturated carbocycles. The Morgan fingerprint density at radius 3 is 2.41 bits per heavy atom. The van der Waals surface area contributed by atoms with E-state index < -0.39 is 0 Å². The molecule has 1 aliphatic rings. The van der Waals surface area contributed by atoms with Crippen LogP contribution in [0.3, 0.4) is 0 Å². The van der Waals surface area contributed by atoms with Gasteiger partial charge in [0.2, 0.25) is 5.78 Å². The molecule has 0 atom stereocenters. The molecule has 0 saturated heterocycles. The van der Waals surface area contributed by atoms with Crippen molar-refractivity contribution in [2.45, 2.75) is 34.2 Å². The number of allylic oxidation sites excluding steroid dienone is 1. The number of nitrogens with one attached hydrogen (secondary N) is 1. The van der Waals surface area contributed by atoms with Crippen molar-refractivity contribution in [2.24, 2.45) is 11.8 Å². The molecule has 0 fully saturated rings. The van der Waals surface area contributed by atoms with E-state index in [1.807, 2.05) is 12.1 Å². The van der Waals surface area contributed by atoms with Gasteiger partial charge in [-0.1, -0.05) is 63.2 Å². The summed E-state index contributed by atoms with van der Waals surface area (Å²) in [6, 6.07) is 10.3. The Bertz CT molecular complexity index is 924. The second-order valence-electron chi connectivity index (χ2n) is 8.54. The Labute approximate surface area is 177 Å². The molecule has 0 spiro atoms. The van der Waals surface area contributed by atoms with Crippen LogP contribution in [0, 0.1) is 11.8 Å². The summed E-state index contributed by atoms with van der Waals surface area (Å²) < 4.78 is 5.94. The first kappa shape index (κ1) is 21.4. The molecule has 0 bridgehead atoms. The fourth-order valence-corrected chi connectivity index (χ4v) is 4.04. The first-order chi connectivity index (χ1) is 13.7. The van der Waals surface area contributed by atoms with Gasteiger partial charge in [0.25, 0.3) is 0 Å². The van der Waals surface area contributed by atoms with Gasteiger partial charge in [-0.3, -0.25) is 4.79 Å². The zero-order valence-electron chi connectivity index (χ0n) is 17.4. The molecular weight excluding hydrogens is 386 g/mol. The maximum Gasteiger partial charge on any atom is 0.231 e. The van der Waals surface area contributed by atoms with E-state index in [1.165, 1.54) is 11.0 Å². The van der Waals surface area contributed by atoms with Crippen LogP contribution in [-0.4, -0.2) is 18.9 Å². The van der Waals surface area contributed by atoms with E-state index in [0.717, 1.165) is 18.7 Å². The van der Waals surface area contributed by atoms with Gasteiger partial charge in [0, 0.05) is 22.4 Å². The minimum absolute atomic E-state index is 0.0782. The second kappa shape index (κ2) is 9.02. The number of fused-ring (bicyclic) bond motifs is 1. The summed E-state index contributed by atoms with van der Waals surface area (Å²) in [5, 5.41) is 13.3. The van der Waals surface area contributed by atoms with Crippen LogP contribution < -0.4 is 14.7 Å². The van der Waals surface area contributed by atoms with Crippen molar-refractivity contribution < 1.29 is 19.5 Å². The molecule has 5 heteroatoms. The molecule has 3 rings (SSSR count). The molecule has 29 heavy (non-hydrogen) atoms. The van der Waals surface area contributed by atoms with Crippen LogP contribution >= 0.6 is 11.6 Å². The number of ether oxygens (including phenoxy) is 1. The van der Waals surface area contributed by atoms with E-state index >= 15 is 0 Å². The molecule has 2 aromatic rings. The standard InChI is InChI=1S/C24H28ClNO3/c1-15(2)12-26(13-16(3)4)14-20-21(27)9-8-19-23(28)22(29-24(19)20)11-17-6-5-7-18(25)10-17/h5-11,15-16,27H,12-14H2,1-4H3/b22-11-. The second-order valence-corrected chi connectivity index (χ2v) is 8.97. The van der Waals surface area contributed by atoms with Gasteiger partial charge in [0.05, 0.1) is 18.7 Å². The molecule has 0 radical (unpaired) electrons. The third-order valence-electron chi connectivity index (χ3n) is 4.87. The lowest BCUT2D eigenvalue weighted by Crippen LogP contribution is -3.11. The van der Waals surface area contributed by atoms with Gasteiger partial charge in [-0.2, -0.15) is 0 Å². The van der Waals surface area contributed by atoms with E-state index in [4.69, 9.17) is 16.3 Å². The minimum Gasteiger partial charge on any atom is -0.872 e. The number of benzene rings is 2. The number of hydrogen-bond donors (Lipinski definition) is 1. The number of carbonyl (C=O) groups excluding carboxylic acids is 1. The summed E-state index contributed by atoms with van der Waals surface area (Å²) in [6.45, 7) is 11.2. The number of ketones is 1. The molecule has 154 valence electrons.